The number of hydrogen-bond donors (Lipinski definition) is 0. The van der Waals surface area contributed by atoms with Crippen LogP contribution in [0.4, 0.5) is 0 Å². The van der Waals surface area contributed by atoms with Gasteiger partial charge in [0.05, 0.1) is 0 Å². The zero-order valence-electron chi connectivity index (χ0n) is 16.2. The second-order valence-corrected chi connectivity index (χ2v) is 11.7. The van der Waals surface area contributed by atoms with Crippen LogP contribution in [0.15, 0.2) is 97.1 Å². The molecule has 0 atom stereocenters. The fraction of sp³-hybridized carbons (Fsp3) is 0.120. The van der Waals surface area contributed by atoms with Crippen LogP contribution in [0.25, 0.3) is 10.8 Å². The summed E-state index contributed by atoms with van der Waals surface area (Å²) in [7, 11) is -0.782. The summed E-state index contributed by atoms with van der Waals surface area (Å²) in [5.41, 5.74) is 4.36. The van der Waals surface area contributed by atoms with E-state index in [2.05, 4.69) is 110 Å². The second-order valence-electron chi connectivity index (χ2n) is 7.30. The predicted octanol–water partition coefficient (Wildman–Crippen LogP) is 4.86. The maximum Gasteiger partial charge on any atom is 0 e. The van der Waals surface area contributed by atoms with E-state index < -0.39 is 7.92 Å². The van der Waals surface area contributed by atoms with Crippen molar-refractivity contribution in [2.75, 3.05) is 13.3 Å². The van der Waals surface area contributed by atoms with Gasteiger partial charge in [0.25, 0.3) is 0 Å². The van der Waals surface area contributed by atoms with Gasteiger partial charge in [0, 0.05) is 17.1 Å². The summed E-state index contributed by atoms with van der Waals surface area (Å²) in [5, 5.41) is 2.67. The van der Waals surface area contributed by atoms with Gasteiger partial charge in [-0.2, -0.15) is 0 Å². The molecule has 0 nitrogen and oxygen atoms in total. The molecule has 0 aromatic heterocycles. The third-order valence-corrected chi connectivity index (χ3v) is 9.12. The van der Waals surface area contributed by atoms with Crippen molar-refractivity contribution in [1.29, 1.82) is 0 Å². The third-order valence-electron chi connectivity index (χ3n) is 5.55. The monoisotopic (exact) mass is 493 g/mol. The van der Waals surface area contributed by atoms with Crippen LogP contribution in [-0.2, 0) is 22.2 Å². The van der Waals surface area contributed by atoms with E-state index >= 15 is 0 Å². The van der Waals surface area contributed by atoms with E-state index in [0.29, 0.717) is 0 Å². The number of rotatable bonds is 4. The molecule has 0 spiro atoms. The SMILES string of the molecule is C[PH+](C)C(c1ccccc1)(c1ccccc1)c1[c]([GeH2])ccc2ccccc12.[Cu]. The fourth-order valence-electron chi connectivity index (χ4n) is 4.42. The molecule has 0 aliphatic heterocycles. The first-order valence-corrected chi connectivity index (χ1v) is 13.4. The summed E-state index contributed by atoms with van der Waals surface area (Å²) in [6, 6.07) is 35.8. The molecule has 28 heavy (non-hydrogen) atoms. The third kappa shape index (κ3) is 3.51. The second kappa shape index (κ2) is 8.97. The Morgan fingerprint density at radius 3 is 1.68 bits per heavy atom. The van der Waals surface area contributed by atoms with Crippen molar-refractivity contribution in [2.45, 2.75) is 5.16 Å². The molecule has 0 aliphatic rings. The first-order valence-electron chi connectivity index (χ1n) is 9.41. The Balaban J connectivity index is 0.00000225. The minimum absolute atomic E-state index is 0. The topological polar surface area (TPSA) is 0 Å². The predicted molar refractivity (Wildman–Crippen MR) is 125 cm³/mol. The number of fused-ring (bicyclic) bond motifs is 1. The van der Waals surface area contributed by atoms with Crippen molar-refractivity contribution >= 4 is 39.6 Å². The van der Waals surface area contributed by atoms with E-state index in [1.807, 2.05) is 0 Å². The van der Waals surface area contributed by atoms with Gasteiger partial charge >= 0.3 is 172 Å². The Hall–Kier alpha value is -1.37. The van der Waals surface area contributed by atoms with Gasteiger partial charge in [-0.1, -0.05) is 0 Å². The van der Waals surface area contributed by atoms with Crippen molar-refractivity contribution in [3.05, 3.63) is 114 Å². The molecule has 4 aromatic rings. The van der Waals surface area contributed by atoms with Crippen LogP contribution < -0.4 is 4.40 Å². The average Bonchev–Trinajstić information content (AvgIpc) is 2.71. The van der Waals surface area contributed by atoms with Crippen LogP contribution in [0.2, 0.25) is 0 Å². The molecule has 0 bridgehead atoms. The maximum atomic E-state index is 2.46. The Morgan fingerprint density at radius 1 is 0.643 bits per heavy atom. The first kappa shape index (κ1) is 21.3. The molecule has 0 unspecified atom stereocenters. The Labute approximate surface area is 188 Å². The molecule has 3 heteroatoms. The quantitative estimate of drug-likeness (QED) is 0.217. The number of benzene rings is 4. The molecule has 0 aliphatic carbocycles. The molecule has 144 valence electrons. The minimum atomic E-state index is -0.782. The molecule has 0 saturated heterocycles. The molecule has 0 amide bonds. The zero-order chi connectivity index (χ0) is 18.9. The van der Waals surface area contributed by atoms with Gasteiger partial charge in [-0.15, -0.1) is 0 Å². The van der Waals surface area contributed by atoms with E-state index in [0.717, 1.165) is 16.5 Å². The van der Waals surface area contributed by atoms with Gasteiger partial charge < -0.3 is 0 Å². The van der Waals surface area contributed by atoms with Gasteiger partial charge in [-0.05, 0) is 0 Å². The van der Waals surface area contributed by atoms with E-state index in [1.54, 1.807) is 0 Å². The zero-order valence-corrected chi connectivity index (χ0v) is 21.2. The van der Waals surface area contributed by atoms with E-state index in [1.165, 1.54) is 31.9 Å². The van der Waals surface area contributed by atoms with Crippen LogP contribution in [0.1, 0.15) is 16.7 Å². The Morgan fingerprint density at radius 2 is 1.14 bits per heavy atom. The summed E-state index contributed by atoms with van der Waals surface area (Å²) in [6.45, 7) is 4.93. The molecule has 4 aromatic carbocycles. The summed E-state index contributed by atoms with van der Waals surface area (Å²) in [5.74, 6) is 0. The van der Waals surface area contributed by atoms with Crippen LogP contribution in [0.3, 0.4) is 0 Å². The first-order chi connectivity index (χ1) is 13.2. The van der Waals surface area contributed by atoms with E-state index in [9.17, 15) is 0 Å². The van der Waals surface area contributed by atoms with Crippen molar-refractivity contribution in [3.63, 3.8) is 0 Å². The smallest absolute Gasteiger partial charge is 0 e. The molecule has 0 fully saturated rings. The van der Waals surface area contributed by atoms with Crippen LogP contribution >= 0.6 is 7.92 Å². The molecule has 2 radical (unpaired) electrons. The van der Waals surface area contributed by atoms with E-state index in [-0.39, 0.29) is 22.2 Å². The minimum Gasteiger partial charge on any atom is 0 e. The van der Waals surface area contributed by atoms with Crippen molar-refractivity contribution in [3.8, 4) is 0 Å². The summed E-state index contributed by atoms with van der Waals surface area (Å²) in [4.78, 5) is 0. The summed E-state index contributed by atoms with van der Waals surface area (Å²) < 4.78 is 1.49. The average molecular weight is 493 g/mol. The van der Waals surface area contributed by atoms with Gasteiger partial charge in [0.15, 0.2) is 0 Å². The van der Waals surface area contributed by atoms with Crippen molar-refractivity contribution in [1.82, 2.24) is 0 Å². The number of hydrogen-bond acceptors (Lipinski definition) is 0. The Kier molecular flexibility index (Phi) is 6.84. The molecule has 4 rings (SSSR count). The maximum absolute atomic E-state index is 2.46. The Bertz CT molecular complexity index is 1020. The molecule has 0 heterocycles. The van der Waals surface area contributed by atoms with Gasteiger partial charge in [-0.3, -0.25) is 0 Å². The van der Waals surface area contributed by atoms with E-state index in [4.69, 9.17) is 0 Å². The summed E-state index contributed by atoms with van der Waals surface area (Å²) >= 11 is 1.16. The van der Waals surface area contributed by atoms with Crippen molar-refractivity contribution < 1.29 is 17.1 Å². The molecule has 0 saturated carbocycles. The molecular formula is C25H25CuGeP+. The summed E-state index contributed by atoms with van der Waals surface area (Å²) in [6.07, 6.45) is 0. The van der Waals surface area contributed by atoms with Crippen molar-refractivity contribution in [2.24, 2.45) is 0 Å². The fourth-order valence-corrected chi connectivity index (χ4v) is 8.28. The van der Waals surface area contributed by atoms with Crippen LogP contribution in [0.5, 0.6) is 0 Å². The van der Waals surface area contributed by atoms with Gasteiger partial charge in [0.2, 0.25) is 0 Å². The molecular weight excluding hydrogens is 467 g/mol. The standard InChI is InChI=1S/C25H24GeP.Cu/c1-27(2)25(20-12-5-3-6-13-20,21-14-7-4-8-15-21)24-22-16-10-9-11-19(22)17-18-23(24)26;/h3-18H,26H2,1-2H3;/p+1. The van der Waals surface area contributed by atoms with Gasteiger partial charge in [-0.25, -0.2) is 0 Å². The van der Waals surface area contributed by atoms with Crippen LogP contribution in [0, 0.1) is 0 Å². The largest absolute Gasteiger partial charge is 0 e. The van der Waals surface area contributed by atoms with Crippen LogP contribution in [-0.4, -0.2) is 29.8 Å². The normalized spacial score (nSPS) is 11.4. The van der Waals surface area contributed by atoms with Gasteiger partial charge in [0.1, 0.15) is 0 Å². The molecule has 0 N–H and O–H groups in total.